The van der Waals surface area contributed by atoms with Crippen molar-refractivity contribution in [3.8, 4) is 0 Å². The predicted molar refractivity (Wildman–Crippen MR) is 115 cm³/mol. The quantitative estimate of drug-likeness (QED) is 0.611. The molecule has 0 saturated heterocycles. The Kier molecular flexibility index (Phi) is 6.14. The number of aliphatic hydroxyl groups is 1. The molecule has 8 heteroatoms. The molecule has 32 heavy (non-hydrogen) atoms. The third-order valence-corrected chi connectivity index (χ3v) is 5.57. The summed E-state index contributed by atoms with van der Waals surface area (Å²) < 4.78 is 42.3. The minimum atomic E-state index is -0.619. The maximum atomic E-state index is 14.4. The van der Waals surface area contributed by atoms with E-state index in [4.69, 9.17) is 5.11 Å². The van der Waals surface area contributed by atoms with Gasteiger partial charge in [-0.15, -0.1) is 0 Å². The van der Waals surface area contributed by atoms with Gasteiger partial charge in [0.15, 0.2) is 0 Å². The van der Waals surface area contributed by atoms with E-state index in [0.29, 0.717) is 42.0 Å². The summed E-state index contributed by atoms with van der Waals surface area (Å²) in [7, 11) is 0. The lowest BCUT2D eigenvalue weighted by molar-refractivity contribution is 0.0940. The molecule has 4 rings (SSSR count). The summed E-state index contributed by atoms with van der Waals surface area (Å²) in [5.41, 5.74) is 2.54. The number of pyridine rings is 1. The van der Waals surface area contributed by atoms with Crippen LogP contribution in [-0.2, 0) is 12.8 Å². The molecule has 1 aromatic heterocycles. The van der Waals surface area contributed by atoms with Crippen molar-refractivity contribution in [1.29, 1.82) is 0 Å². The first-order valence-corrected chi connectivity index (χ1v) is 10.3. The fourth-order valence-electron chi connectivity index (χ4n) is 3.95. The van der Waals surface area contributed by atoms with E-state index in [0.717, 1.165) is 5.56 Å². The van der Waals surface area contributed by atoms with Gasteiger partial charge < -0.3 is 15.3 Å². The van der Waals surface area contributed by atoms with Crippen LogP contribution in [0.5, 0.6) is 0 Å². The van der Waals surface area contributed by atoms with E-state index in [-0.39, 0.29) is 24.3 Å². The van der Waals surface area contributed by atoms with Crippen molar-refractivity contribution in [1.82, 2.24) is 10.3 Å². The Morgan fingerprint density at radius 3 is 2.56 bits per heavy atom. The van der Waals surface area contributed by atoms with Gasteiger partial charge in [-0.1, -0.05) is 0 Å². The van der Waals surface area contributed by atoms with Gasteiger partial charge >= 0.3 is 0 Å². The summed E-state index contributed by atoms with van der Waals surface area (Å²) in [6.07, 6.45) is 2.39. The molecule has 2 heterocycles. The number of nitrogens with zero attached hydrogens (tertiary/aromatic N) is 2. The van der Waals surface area contributed by atoms with Crippen molar-refractivity contribution in [2.24, 2.45) is 0 Å². The number of aromatic nitrogens is 1. The number of carbonyl (C=O) groups excluding carboxylic acids is 1. The number of anilines is 2. The Labute approximate surface area is 183 Å². The summed E-state index contributed by atoms with van der Waals surface area (Å²) in [6.45, 7) is 1.70. The van der Waals surface area contributed by atoms with Gasteiger partial charge in [0.2, 0.25) is 0 Å². The number of nitrogens with one attached hydrogen (secondary N) is 1. The Morgan fingerprint density at radius 1 is 1.09 bits per heavy atom. The SMILES string of the molecule is Cc1c(F)cc(Cc2ccnc(N3CCc4c3ccc(F)c4C(=O)NCCO)c2)cc1F. The van der Waals surface area contributed by atoms with Crippen LogP contribution in [0.25, 0.3) is 0 Å². The second-order valence-corrected chi connectivity index (χ2v) is 7.68. The van der Waals surface area contributed by atoms with E-state index in [1.54, 1.807) is 18.3 Å². The maximum absolute atomic E-state index is 14.4. The normalized spacial score (nSPS) is 12.7. The van der Waals surface area contributed by atoms with E-state index < -0.39 is 23.4 Å². The number of rotatable bonds is 6. The molecule has 166 valence electrons. The van der Waals surface area contributed by atoms with E-state index in [1.165, 1.54) is 25.1 Å². The topological polar surface area (TPSA) is 65.5 Å². The molecule has 2 aromatic carbocycles. The molecule has 3 aromatic rings. The van der Waals surface area contributed by atoms with Gasteiger partial charge in [-0.25, -0.2) is 18.2 Å². The molecule has 0 spiro atoms. The highest BCUT2D eigenvalue weighted by Crippen LogP contribution is 2.37. The fraction of sp³-hybridized carbons (Fsp3) is 0.250. The summed E-state index contributed by atoms with van der Waals surface area (Å²) >= 11 is 0. The Morgan fingerprint density at radius 2 is 1.84 bits per heavy atom. The van der Waals surface area contributed by atoms with Gasteiger partial charge in [-0.3, -0.25) is 4.79 Å². The third-order valence-electron chi connectivity index (χ3n) is 5.57. The van der Waals surface area contributed by atoms with Crippen LogP contribution in [0.2, 0.25) is 0 Å². The number of amides is 1. The lowest BCUT2D eigenvalue weighted by Crippen LogP contribution is -2.28. The van der Waals surface area contributed by atoms with Crippen LogP contribution in [-0.4, -0.2) is 35.7 Å². The van der Waals surface area contributed by atoms with Gasteiger partial charge in [0.25, 0.3) is 5.91 Å². The number of halogens is 3. The molecule has 2 N–H and O–H groups in total. The number of hydrogen-bond donors (Lipinski definition) is 2. The van der Waals surface area contributed by atoms with Gasteiger partial charge in [-0.2, -0.15) is 0 Å². The second-order valence-electron chi connectivity index (χ2n) is 7.68. The van der Waals surface area contributed by atoms with E-state index in [9.17, 15) is 18.0 Å². The number of carbonyl (C=O) groups is 1. The van der Waals surface area contributed by atoms with Crippen LogP contribution < -0.4 is 10.2 Å². The van der Waals surface area contributed by atoms with E-state index >= 15 is 0 Å². The summed E-state index contributed by atoms with van der Waals surface area (Å²) in [4.78, 5) is 18.7. The van der Waals surface area contributed by atoms with Crippen molar-refractivity contribution >= 4 is 17.4 Å². The summed E-state index contributed by atoms with van der Waals surface area (Å²) in [5.74, 6) is -1.76. The number of fused-ring (bicyclic) bond motifs is 1. The first-order valence-electron chi connectivity index (χ1n) is 10.3. The lowest BCUT2D eigenvalue weighted by Gasteiger charge is -2.20. The average molecular weight is 441 g/mol. The molecular formula is C24H22F3N3O2. The van der Waals surface area contributed by atoms with Gasteiger partial charge in [0.05, 0.1) is 12.2 Å². The average Bonchev–Trinajstić information content (AvgIpc) is 3.20. The number of hydrogen-bond acceptors (Lipinski definition) is 4. The maximum Gasteiger partial charge on any atom is 0.254 e. The van der Waals surface area contributed by atoms with Gasteiger partial charge in [-0.05, 0) is 72.9 Å². The van der Waals surface area contributed by atoms with Crippen molar-refractivity contribution in [2.75, 3.05) is 24.6 Å². The standard InChI is InChI=1S/C24H22F3N3O2/c1-14-19(26)11-16(12-20(14)27)10-15-4-6-28-22(13-15)30-8-5-17-21(30)3-2-18(25)23(17)24(32)29-7-9-31/h2-4,6,11-13,31H,5,7-10H2,1H3,(H,29,32). The van der Waals surface area contributed by atoms with Crippen LogP contribution in [0.3, 0.4) is 0 Å². The zero-order valence-corrected chi connectivity index (χ0v) is 17.5. The fourth-order valence-corrected chi connectivity index (χ4v) is 3.95. The van der Waals surface area contributed by atoms with Gasteiger partial charge in [0.1, 0.15) is 23.3 Å². The first kappa shape index (κ1) is 21.8. The lowest BCUT2D eigenvalue weighted by atomic mass is 10.0. The molecule has 0 atom stereocenters. The first-order chi connectivity index (χ1) is 15.4. The smallest absolute Gasteiger partial charge is 0.254 e. The van der Waals surface area contributed by atoms with Crippen LogP contribution in [0.4, 0.5) is 24.7 Å². The molecule has 0 fully saturated rings. The molecule has 1 aliphatic rings. The predicted octanol–water partition coefficient (Wildman–Crippen LogP) is 3.81. The van der Waals surface area contributed by atoms with Crippen molar-refractivity contribution in [3.63, 3.8) is 0 Å². The Hall–Kier alpha value is -3.39. The molecule has 1 aliphatic heterocycles. The zero-order chi connectivity index (χ0) is 22.8. The van der Waals surface area contributed by atoms with E-state index in [2.05, 4.69) is 10.3 Å². The number of aliphatic hydroxyl groups excluding tert-OH is 1. The third kappa shape index (κ3) is 4.18. The molecule has 0 bridgehead atoms. The minimum absolute atomic E-state index is 0.0103. The second kappa shape index (κ2) is 9.00. The summed E-state index contributed by atoms with van der Waals surface area (Å²) in [5, 5.41) is 11.4. The molecule has 5 nitrogen and oxygen atoms in total. The number of benzene rings is 2. The molecule has 0 unspecified atom stereocenters. The minimum Gasteiger partial charge on any atom is -0.395 e. The molecule has 0 aliphatic carbocycles. The van der Waals surface area contributed by atoms with Crippen LogP contribution >= 0.6 is 0 Å². The van der Waals surface area contributed by atoms with E-state index in [1.807, 2.05) is 11.0 Å². The molecule has 0 radical (unpaired) electrons. The highest BCUT2D eigenvalue weighted by Gasteiger charge is 2.28. The highest BCUT2D eigenvalue weighted by molar-refractivity contribution is 5.98. The van der Waals surface area contributed by atoms with Crippen LogP contribution in [0, 0.1) is 24.4 Å². The largest absolute Gasteiger partial charge is 0.395 e. The summed E-state index contributed by atoms with van der Waals surface area (Å²) in [6, 6.07) is 9.09. The van der Waals surface area contributed by atoms with Crippen molar-refractivity contribution in [2.45, 2.75) is 19.8 Å². The molecular weight excluding hydrogens is 419 g/mol. The van der Waals surface area contributed by atoms with Crippen LogP contribution in [0.15, 0.2) is 42.6 Å². The van der Waals surface area contributed by atoms with Crippen molar-refractivity contribution in [3.05, 3.63) is 87.9 Å². The highest BCUT2D eigenvalue weighted by atomic mass is 19.1. The Bertz CT molecular complexity index is 1160. The van der Waals surface area contributed by atoms with Crippen molar-refractivity contribution < 1.29 is 23.1 Å². The Balaban J connectivity index is 1.63. The van der Waals surface area contributed by atoms with Gasteiger partial charge in [0, 0.05) is 30.5 Å². The molecule has 1 amide bonds. The van der Waals surface area contributed by atoms with Crippen LogP contribution in [0.1, 0.15) is 32.6 Å². The monoisotopic (exact) mass is 441 g/mol. The zero-order valence-electron chi connectivity index (χ0n) is 17.5. The molecule has 0 saturated carbocycles.